The third-order valence-electron chi connectivity index (χ3n) is 4.91. The second kappa shape index (κ2) is 11.3. The Bertz CT molecular complexity index is 1160. The molecule has 6 heteroatoms. The van der Waals surface area contributed by atoms with Gasteiger partial charge in [0.05, 0.1) is 6.04 Å². The summed E-state index contributed by atoms with van der Waals surface area (Å²) in [5.74, 6) is -0.196. The van der Waals surface area contributed by atoms with E-state index in [2.05, 4.69) is 10.6 Å². The van der Waals surface area contributed by atoms with Gasteiger partial charge >= 0.3 is 0 Å². The van der Waals surface area contributed by atoms with Crippen LogP contribution in [0.5, 0.6) is 5.75 Å². The molecule has 0 radical (unpaired) electrons. The van der Waals surface area contributed by atoms with Gasteiger partial charge in [0, 0.05) is 5.69 Å². The second-order valence-corrected chi connectivity index (χ2v) is 7.55. The van der Waals surface area contributed by atoms with Gasteiger partial charge in [-0.3, -0.25) is 9.59 Å². The van der Waals surface area contributed by atoms with Gasteiger partial charge in [0.2, 0.25) is 0 Å². The second-order valence-electron chi connectivity index (χ2n) is 7.55. The van der Waals surface area contributed by atoms with Crippen LogP contribution in [0.2, 0.25) is 0 Å². The van der Waals surface area contributed by atoms with Crippen molar-refractivity contribution >= 4 is 23.6 Å². The summed E-state index contributed by atoms with van der Waals surface area (Å²) in [4.78, 5) is 24.6. The molecule has 3 rings (SSSR count). The number of anilines is 1. The Kier molecular flexibility index (Phi) is 7.98. The summed E-state index contributed by atoms with van der Waals surface area (Å²) in [7, 11) is 0. The third kappa shape index (κ3) is 7.08. The van der Waals surface area contributed by atoms with E-state index in [1.54, 1.807) is 36.4 Å². The van der Waals surface area contributed by atoms with Gasteiger partial charge in [-0.2, -0.15) is 5.26 Å². The number of carbonyl (C=O) groups excluding carboxylic acids is 2. The molecule has 166 valence electrons. The van der Waals surface area contributed by atoms with E-state index < -0.39 is 5.91 Å². The van der Waals surface area contributed by atoms with Gasteiger partial charge in [0.15, 0.2) is 6.61 Å². The van der Waals surface area contributed by atoms with Crippen LogP contribution in [-0.4, -0.2) is 18.4 Å². The van der Waals surface area contributed by atoms with Crippen molar-refractivity contribution < 1.29 is 14.3 Å². The Morgan fingerprint density at radius 1 is 1.00 bits per heavy atom. The van der Waals surface area contributed by atoms with Crippen LogP contribution in [0.3, 0.4) is 0 Å². The number of ether oxygens (including phenoxy) is 1. The molecule has 0 spiro atoms. The van der Waals surface area contributed by atoms with E-state index in [1.807, 2.05) is 62.4 Å². The van der Waals surface area contributed by atoms with Gasteiger partial charge in [-0.05, 0) is 55.3 Å². The van der Waals surface area contributed by atoms with Gasteiger partial charge in [0.1, 0.15) is 17.4 Å². The van der Waals surface area contributed by atoms with Crippen molar-refractivity contribution in [2.75, 3.05) is 11.9 Å². The molecule has 0 aromatic heterocycles. The predicted octanol–water partition coefficient (Wildman–Crippen LogP) is 4.80. The third-order valence-corrected chi connectivity index (χ3v) is 4.91. The molecule has 2 N–H and O–H groups in total. The lowest BCUT2D eigenvalue weighted by atomic mass is 10.1. The molecule has 0 unspecified atom stereocenters. The Morgan fingerprint density at radius 3 is 2.30 bits per heavy atom. The highest BCUT2D eigenvalue weighted by molar-refractivity contribution is 6.09. The van der Waals surface area contributed by atoms with Crippen molar-refractivity contribution in [3.05, 3.63) is 101 Å². The van der Waals surface area contributed by atoms with E-state index in [0.29, 0.717) is 17.0 Å². The first-order chi connectivity index (χ1) is 15.9. The minimum atomic E-state index is -0.481. The van der Waals surface area contributed by atoms with Crippen LogP contribution in [0.25, 0.3) is 6.08 Å². The molecule has 0 aliphatic carbocycles. The zero-order valence-electron chi connectivity index (χ0n) is 18.5. The molecular weight excluding hydrogens is 414 g/mol. The SMILES string of the molecule is Cc1ccc(NC(=O)/C(C#N)=C/c2ccc(OCC(=O)N[C@@H](C)c3ccccc3)cc2)cc1. The number of amides is 2. The molecule has 33 heavy (non-hydrogen) atoms. The smallest absolute Gasteiger partial charge is 0.266 e. The predicted molar refractivity (Wildman–Crippen MR) is 128 cm³/mol. The molecule has 6 nitrogen and oxygen atoms in total. The molecule has 1 atom stereocenters. The van der Waals surface area contributed by atoms with Gasteiger partial charge < -0.3 is 15.4 Å². The molecule has 3 aromatic rings. The molecule has 0 bridgehead atoms. The number of benzene rings is 3. The standard InChI is InChI=1S/C27H25N3O3/c1-19-8-12-24(13-9-19)30-27(32)23(17-28)16-21-10-14-25(15-11-21)33-18-26(31)29-20(2)22-6-4-3-5-7-22/h3-16,20H,18H2,1-2H3,(H,29,31)(H,30,32)/b23-16+/t20-/m0/s1. The van der Waals surface area contributed by atoms with E-state index in [1.165, 1.54) is 6.08 Å². The lowest BCUT2D eigenvalue weighted by Crippen LogP contribution is -2.31. The topological polar surface area (TPSA) is 91.2 Å². The van der Waals surface area contributed by atoms with E-state index in [-0.39, 0.29) is 24.1 Å². The summed E-state index contributed by atoms with van der Waals surface area (Å²) in [5.41, 5.74) is 3.37. The maximum atomic E-state index is 12.4. The molecular formula is C27H25N3O3. The number of carbonyl (C=O) groups is 2. The summed E-state index contributed by atoms with van der Waals surface area (Å²) in [6.07, 6.45) is 1.50. The number of nitriles is 1. The van der Waals surface area contributed by atoms with Crippen molar-refractivity contribution in [2.45, 2.75) is 19.9 Å². The van der Waals surface area contributed by atoms with Crippen LogP contribution >= 0.6 is 0 Å². The Morgan fingerprint density at radius 2 is 1.67 bits per heavy atom. The zero-order chi connectivity index (χ0) is 23.6. The van der Waals surface area contributed by atoms with E-state index in [4.69, 9.17) is 4.74 Å². The number of aryl methyl sites for hydroxylation is 1. The molecule has 0 heterocycles. The van der Waals surface area contributed by atoms with Crippen molar-refractivity contribution in [2.24, 2.45) is 0 Å². The maximum absolute atomic E-state index is 12.4. The molecule has 0 fully saturated rings. The van der Waals surface area contributed by atoms with Crippen LogP contribution < -0.4 is 15.4 Å². The molecule has 2 amide bonds. The molecule has 0 aliphatic heterocycles. The number of nitrogens with zero attached hydrogens (tertiary/aromatic N) is 1. The number of nitrogens with one attached hydrogen (secondary N) is 2. The summed E-state index contributed by atoms with van der Waals surface area (Å²) in [5, 5.41) is 15.0. The van der Waals surface area contributed by atoms with E-state index in [9.17, 15) is 14.9 Å². The minimum absolute atomic E-state index is 0.0153. The fourth-order valence-corrected chi connectivity index (χ4v) is 3.07. The summed E-state index contributed by atoms with van der Waals surface area (Å²) >= 11 is 0. The van der Waals surface area contributed by atoms with Crippen molar-refractivity contribution in [1.29, 1.82) is 5.26 Å². The highest BCUT2D eigenvalue weighted by Crippen LogP contribution is 2.16. The quantitative estimate of drug-likeness (QED) is 0.390. The molecule has 3 aromatic carbocycles. The van der Waals surface area contributed by atoms with Gasteiger partial charge in [-0.1, -0.05) is 60.2 Å². The van der Waals surface area contributed by atoms with Crippen molar-refractivity contribution in [3.63, 3.8) is 0 Å². The maximum Gasteiger partial charge on any atom is 0.266 e. The molecule has 0 saturated heterocycles. The average Bonchev–Trinajstić information content (AvgIpc) is 2.83. The summed E-state index contributed by atoms with van der Waals surface area (Å²) in [6.45, 7) is 3.75. The Hall–Kier alpha value is -4.37. The van der Waals surface area contributed by atoms with Crippen LogP contribution in [0.4, 0.5) is 5.69 Å². The van der Waals surface area contributed by atoms with E-state index in [0.717, 1.165) is 11.1 Å². The number of hydrogen-bond acceptors (Lipinski definition) is 4. The van der Waals surface area contributed by atoms with Crippen LogP contribution in [0.1, 0.15) is 29.7 Å². The average molecular weight is 440 g/mol. The van der Waals surface area contributed by atoms with Gasteiger partial charge in [0.25, 0.3) is 11.8 Å². The normalized spacial score (nSPS) is 11.7. The van der Waals surface area contributed by atoms with Crippen LogP contribution in [0.15, 0.2) is 84.4 Å². The first-order valence-electron chi connectivity index (χ1n) is 10.5. The highest BCUT2D eigenvalue weighted by atomic mass is 16.5. The summed E-state index contributed by atoms with van der Waals surface area (Å²) < 4.78 is 5.55. The number of hydrogen-bond donors (Lipinski definition) is 2. The lowest BCUT2D eigenvalue weighted by molar-refractivity contribution is -0.123. The van der Waals surface area contributed by atoms with Crippen molar-refractivity contribution in [3.8, 4) is 11.8 Å². The number of rotatable bonds is 8. The Labute approximate surface area is 193 Å². The minimum Gasteiger partial charge on any atom is -0.484 e. The first kappa shape index (κ1) is 23.3. The van der Waals surface area contributed by atoms with E-state index >= 15 is 0 Å². The Balaban J connectivity index is 1.54. The fraction of sp³-hybridized carbons (Fsp3) is 0.148. The molecule has 0 saturated carbocycles. The van der Waals surface area contributed by atoms with Crippen LogP contribution in [0, 0.1) is 18.3 Å². The highest BCUT2D eigenvalue weighted by Gasteiger charge is 2.11. The first-order valence-corrected chi connectivity index (χ1v) is 10.5. The lowest BCUT2D eigenvalue weighted by Gasteiger charge is -2.14. The monoisotopic (exact) mass is 439 g/mol. The largest absolute Gasteiger partial charge is 0.484 e. The van der Waals surface area contributed by atoms with Gasteiger partial charge in [-0.15, -0.1) is 0 Å². The summed E-state index contributed by atoms with van der Waals surface area (Å²) in [6, 6.07) is 25.6. The molecule has 0 aliphatic rings. The zero-order valence-corrected chi connectivity index (χ0v) is 18.5. The van der Waals surface area contributed by atoms with Crippen LogP contribution in [-0.2, 0) is 9.59 Å². The fourth-order valence-electron chi connectivity index (χ4n) is 3.07. The van der Waals surface area contributed by atoms with Gasteiger partial charge in [-0.25, -0.2) is 0 Å². The van der Waals surface area contributed by atoms with Crippen molar-refractivity contribution in [1.82, 2.24) is 5.32 Å².